The predicted octanol–water partition coefficient (Wildman–Crippen LogP) is 4.54. The summed E-state index contributed by atoms with van der Waals surface area (Å²) in [6, 6.07) is 4.83. The van der Waals surface area contributed by atoms with Crippen LogP contribution in [0.4, 0.5) is 30.2 Å². The topological polar surface area (TPSA) is 37.0 Å². The van der Waals surface area contributed by atoms with Gasteiger partial charge in [-0.3, -0.25) is 4.98 Å². The van der Waals surface area contributed by atoms with Crippen molar-refractivity contribution in [3.05, 3.63) is 47.2 Å². The molecule has 0 saturated heterocycles. The van der Waals surface area contributed by atoms with Crippen LogP contribution in [-0.2, 0) is 6.18 Å². The number of hydrogen-bond donors (Lipinski definition) is 2. The van der Waals surface area contributed by atoms with Crippen LogP contribution in [0.3, 0.4) is 0 Å². The smallest absolute Gasteiger partial charge is 0.387 e. The lowest BCUT2D eigenvalue weighted by Gasteiger charge is -2.12. The van der Waals surface area contributed by atoms with Crippen LogP contribution in [0.15, 0.2) is 36.7 Å². The van der Waals surface area contributed by atoms with Gasteiger partial charge in [0.05, 0.1) is 40.0 Å². The van der Waals surface area contributed by atoms with E-state index in [0.717, 1.165) is 17.8 Å². The van der Waals surface area contributed by atoms with Gasteiger partial charge in [0.15, 0.2) is 0 Å². The van der Waals surface area contributed by atoms with E-state index in [2.05, 4.69) is 15.6 Å². The number of aromatic nitrogens is 1. The van der Waals surface area contributed by atoms with Gasteiger partial charge in [0, 0.05) is 7.05 Å². The minimum atomic E-state index is -4.41. The van der Waals surface area contributed by atoms with E-state index >= 15 is 0 Å². The van der Waals surface area contributed by atoms with Gasteiger partial charge in [-0.1, -0.05) is 11.6 Å². The summed E-state index contributed by atoms with van der Waals surface area (Å²) in [5.41, 5.74) is 0.690. The van der Waals surface area contributed by atoms with Crippen LogP contribution < -0.4 is 10.6 Å². The Morgan fingerprint density at radius 1 is 1.10 bits per heavy atom. The fraction of sp³-hybridized carbons (Fsp3) is 0.154. The Bertz CT molecular complexity index is 614. The van der Waals surface area contributed by atoms with Crippen molar-refractivity contribution in [2.24, 2.45) is 0 Å². The molecule has 7 heteroatoms. The Morgan fingerprint density at radius 3 is 2.45 bits per heavy atom. The number of nitrogens with one attached hydrogen (secondary N) is 2. The Morgan fingerprint density at radius 2 is 1.80 bits per heavy atom. The van der Waals surface area contributed by atoms with Crippen LogP contribution >= 0.6 is 11.6 Å². The molecule has 0 aliphatic carbocycles. The first-order valence-corrected chi connectivity index (χ1v) is 6.04. The molecule has 0 saturated carbocycles. The summed E-state index contributed by atoms with van der Waals surface area (Å²) in [7, 11) is 1.72. The van der Waals surface area contributed by atoms with Crippen LogP contribution in [0.1, 0.15) is 5.56 Å². The maximum atomic E-state index is 12.7. The molecule has 0 fully saturated rings. The molecule has 0 atom stereocenters. The molecule has 0 radical (unpaired) electrons. The van der Waals surface area contributed by atoms with E-state index in [1.165, 1.54) is 12.3 Å². The number of pyridine rings is 1. The van der Waals surface area contributed by atoms with Crippen LogP contribution in [-0.4, -0.2) is 12.0 Å². The summed E-state index contributed by atoms with van der Waals surface area (Å²) in [4.78, 5) is 3.96. The fourth-order valence-corrected chi connectivity index (χ4v) is 1.76. The molecule has 1 aromatic carbocycles. The van der Waals surface area contributed by atoms with E-state index in [0.29, 0.717) is 5.69 Å². The summed E-state index contributed by atoms with van der Waals surface area (Å²) in [5.74, 6) is 0. The van der Waals surface area contributed by atoms with Crippen molar-refractivity contribution in [1.82, 2.24) is 4.98 Å². The maximum Gasteiger partial charge on any atom is 0.416 e. The van der Waals surface area contributed by atoms with Crippen LogP contribution in [0, 0.1) is 0 Å². The molecule has 0 aliphatic heterocycles. The highest BCUT2D eigenvalue weighted by Gasteiger charge is 2.30. The van der Waals surface area contributed by atoms with Gasteiger partial charge in [-0.2, -0.15) is 13.2 Å². The highest BCUT2D eigenvalue weighted by atomic mass is 35.5. The molecule has 0 amide bonds. The molecular weight excluding hydrogens is 291 g/mol. The second-order valence-electron chi connectivity index (χ2n) is 4.03. The molecule has 0 aliphatic rings. The first-order valence-electron chi connectivity index (χ1n) is 5.67. The van der Waals surface area contributed by atoms with Crippen molar-refractivity contribution >= 4 is 28.7 Å². The fourth-order valence-electron chi connectivity index (χ4n) is 1.60. The molecule has 2 rings (SSSR count). The molecule has 2 aromatic rings. The monoisotopic (exact) mass is 301 g/mol. The zero-order valence-electron chi connectivity index (χ0n) is 10.4. The summed E-state index contributed by atoms with van der Waals surface area (Å²) in [6.45, 7) is 0. The summed E-state index contributed by atoms with van der Waals surface area (Å²) in [5, 5.41) is 5.91. The molecule has 0 spiro atoms. The number of alkyl halides is 3. The molecule has 20 heavy (non-hydrogen) atoms. The van der Waals surface area contributed by atoms with Crippen molar-refractivity contribution in [1.29, 1.82) is 0 Å². The number of rotatable bonds is 3. The molecule has 0 unspecified atom stereocenters. The number of hydrogen-bond acceptors (Lipinski definition) is 3. The van der Waals surface area contributed by atoms with Crippen LogP contribution in [0.25, 0.3) is 0 Å². The largest absolute Gasteiger partial charge is 0.416 e. The number of nitrogens with zero attached hydrogens (tertiary/aromatic N) is 1. The average Bonchev–Trinajstić information content (AvgIpc) is 2.40. The van der Waals surface area contributed by atoms with Crippen LogP contribution in [0.2, 0.25) is 5.02 Å². The molecule has 3 nitrogen and oxygen atoms in total. The van der Waals surface area contributed by atoms with E-state index in [-0.39, 0.29) is 10.7 Å². The predicted molar refractivity (Wildman–Crippen MR) is 73.5 cm³/mol. The van der Waals surface area contributed by atoms with Crippen molar-refractivity contribution in [3.63, 3.8) is 0 Å². The zero-order chi connectivity index (χ0) is 14.8. The Hall–Kier alpha value is -1.95. The van der Waals surface area contributed by atoms with E-state index in [1.54, 1.807) is 19.3 Å². The lowest BCUT2D eigenvalue weighted by Crippen LogP contribution is -2.05. The number of halogens is 4. The normalized spacial score (nSPS) is 11.2. The Kier molecular flexibility index (Phi) is 4.04. The van der Waals surface area contributed by atoms with Gasteiger partial charge in [0.2, 0.25) is 0 Å². The van der Waals surface area contributed by atoms with E-state index in [1.807, 2.05) is 0 Å². The molecule has 1 heterocycles. The summed E-state index contributed by atoms with van der Waals surface area (Å²) < 4.78 is 38.0. The molecule has 106 valence electrons. The van der Waals surface area contributed by atoms with Crippen molar-refractivity contribution in [2.45, 2.75) is 6.18 Å². The van der Waals surface area contributed by atoms with E-state index in [4.69, 9.17) is 11.6 Å². The number of benzene rings is 1. The second-order valence-corrected chi connectivity index (χ2v) is 4.44. The summed E-state index contributed by atoms with van der Waals surface area (Å²) in [6.07, 6.45) is -1.32. The third-order valence-corrected chi connectivity index (χ3v) is 2.93. The zero-order valence-corrected chi connectivity index (χ0v) is 11.2. The van der Waals surface area contributed by atoms with Gasteiger partial charge in [-0.15, -0.1) is 0 Å². The lowest BCUT2D eigenvalue weighted by atomic mass is 10.2. The van der Waals surface area contributed by atoms with Crippen LogP contribution in [0.5, 0.6) is 0 Å². The third kappa shape index (κ3) is 3.33. The van der Waals surface area contributed by atoms with Crippen molar-refractivity contribution in [3.8, 4) is 0 Å². The highest BCUT2D eigenvalue weighted by Crippen LogP contribution is 2.35. The van der Waals surface area contributed by atoms with Gasteiger partial charge in [-0.25, -0.2) is 0 Å². The van der Waals surface area contributed by atoms with Crippen molar-refractivity contribution < 1.29 is 13.2 Å². The second kappa shape index (κ2) is 5.58. The SMILES string of the molecule is CNc1cncc(Nc2cc(C(F)(F)F)ccc2Cl)c1. The maximum absolute atomic E-state index is 12.7. The standard InChI is InChI=1S/C13H11ClF3N3/c1-18-9-5-10(7-19-6-9)20-12-4-8(13(15,16)17)2-3-11(12)14/h2-7,18,20H,1H3. The number of anilines is 3. The third-order valence-electron chi connectivity index (χ3n) is 2.60. The first-order chi connectivity index (χ1) is 9.40. The molecule has 1 aromatic heterocycles. The van der Waals surface area contributed by atoms with E-state index in [9.17, 15) is 13.2 Å². The minimum Gasteiger partial charge on any atom is -0.387 e. The van der Waals surface area contributed by atoms with Gasteiger partial charge >= 0.3 is 6.18 Å². The Labute approximate surface area is 118 Å². The van der Waals surface area contributed by atoms with Gasteiger partial charge < -0.3 is 10.6 Å². The molecule has 2 N–H and O–H groups in total. The van der Waals surface area contributed by atoms with Gasteiger partial charge in [-0.05, 0) is 24.3 Å². The van der Waals surface area contributed by atoms with Gasteiger partial charge in [0.1, 0.15) is 0 Å². The lowest BCUT2D eigenvalue weighted by molar-refractivity contribution is -0.137. The minimum absolute atomic E-state index is 0.177. The van der Waals surface area contributed by atoms with Crippen molar-refractivity contribution in [2.75, 3.05) is 17.7 Å². The first kappa shape index (κ1) is 14.5. The molecule has 0 bridgehead atoms. The van der Waals surface area contributed by atoms with Gasteiger partial charge in [0.25, 0.3) is 0 Å². The Balaban J connectivity index is 2.32. The molecular formula is C13H11ClF3N3. The summed E-state index contributed by atoms with van der Waals surface area (Å²) >= 11 is 5.90. The van der Waals surface area contributed by atoms with E-state index < -0.39 is 11.7 Å². The highest BCUT2D eigenvalue weighted by molar-refractivity contribution is 6.33. The average molecular weight is 302 g/mol. The quantitative estimate of drug-likeness (QED) is 0.874.